The minimum Gasteiger partial charge on any atom is -0.479 e. The van der Waals surface area contributed by atoms with E-state index in [0.717, 1.165) is 28.7 Å². The first-order valence-electron chi connectivity index (χ1n) is 14.3. The molecule has 1 aliphatic heterocycles. The highest BCUT2D eigenvalue weighted by molar-refractivity contribution is 5.90. The number of nitrogens with two attached hydrogens (primary N) is 1. The molecule has 0 spiro atoms. The quantitative estimate of drug-likeness (QED) is 0.322. The number of ether oxygens (including phenoxy) is 2. The van der Waals surface area contributed by atoms with Gasteiger partial charge in [-0.05, 0) is 67.0 Å². The molecule has 3 N–H and O–H groups in total. The van der Waals surface area contributed by atoms with Crippen molar-refractivity contribution in [2.75, 3.05) is 13.2 Å². The SMILES string of the molecule is CCOC(=O)[C@H](CC)Oc1ccc(CNC(=O)[C@@H]2CCCN2C(=O)[C@@H](N)Cc2ccc(-c3ccccc3)cc2)cc1. The number of rotatable bonds is 12. The molecule has 1 aliphatic rings. The van der Waals surface area contributed by atoms with Crippen molar-refractivity contribution < 1.29 is 23.9 Å². The van der Waals surface area contributed by atoms with E-state index in [9.17, 15) is 14.4 Å². The molecule has 1 fully saturated rings. The monoisotopic (exact) mass is 557 g/mol. The topological polar surface area (TPSA) is 111 Å². The Balaban J connectivity index is 1.28. The number of likely N-dealkylation sites (tertiary alicyclic amines) is 1. The summed E-state index contributed by atoms with van der Waals surface area (Å²) < 4.78 is 10.8. The van der Waals surface area contributed by atoms with E-state index in [1.165, 1.54) is 0 Å². The Hall–Kier alpha value is -4.17. The van der Waals surface area contributed by atoms with Gasteiger partial charge in [-0.1, -0.05) is 73.7 Å². The zero-order valence-corrected chi connectivity index (χ0v) is 23.8. The van der Waals surface area contributed by atoms with Crippen molar-refractivity contribution in [1.82, 2.24) is 10.2 Å². The van der Waals surface area contributed by atoms with E-state index in [1.54, 1.807) is 24.0 Å². The molecule has 8 nitrogen and oxygen atoms in total. The van der Waals surface area contributed by atoms with Crippen molar-refractivity contribution in [2.24, 2.45) is 5.73 Å². The van der Waals surface area contributed by atoms with Crippen LogP contribution >= 0.6 is 0 Å². The second kappa shape index (κ2) is 14.5. The predicted octanol–water partition coefficient (Wildman–Crippen LogP) is 4.25. The fourth-order valence-electron chi connectivity index (χ4n) is 5.01. The summed E-state index contributed by atoms with van der Waals surface area (Å²) in [5, 5.41) is 2.95. The molecule has 4 rings (SSSR count). The van der Waals surface area contributed by atoms with Crippen LogP contribution in [0.1, 0.15) is 44.2 Å². The van der Waals surface area contributed by atoms with Gasteiger partial charge in [0.05, 0.1) is 12.6 Å². The van der Waals surface area contributed by atoms with Gasteiger partial charge in [0.1, 0.15) is 11.8 Å². The molecule has 0 unspecified atom stereocenters. The van der Waals surface area contributed by atoms with Gasteiger partial charge in [0.25, 0.3) is 0 Å². The smallest absolute Gasteiger partial charge is 0.347 e. The second-order valence-electron chi connectivity index (χ2n) is 10.2. The summed E-state index contributed by atoms with van der Waals surface area (Å²) in [4.78, 5) is 39.9. The van der Waals surface area contributed by atoms with E-state index in [0.29, 0.717) is 44.7 Å². The van der Waals surface area contributed by atoms with Crippen LogP contribution in [-0.4, -0.2) is 54.0 Å². The van der Waals surface area contributed by atoms with Gasteiger partial charge in [0.15, 0.2) is 6.10 Å². The Bertz CT molecular complexity index is 1290. The highest BCUT2D eigenvalue weighted by Crippen LogP contribution is 2.22. The Kier molecular flexibility index (Phi) is 10.5. The summed E-state index contributed by atoms with van der Waals surface area (Å²) in [6, 6.07) is 24.1. The summed E-state index contributed by atoms with van der Waals surface area (Å²) >= 11 is 0. The molecule has 0 bridgehead atoms. The van der Waals surface area contributed by atoms with Gasteiger partial charge in [-0.25, -0.2) is 4.79 Å². The van der Waals surface area contributed by atoms with Gasteiger partial charge in [0.2, 0.25) is 11.8 Å². The molecule has 0 aliphatic carbocycles. The van der Waals surface area contributed by atoms with E-state index in [2.05, 4.69) is 17.4 Å². The zero-order valence-electron chi connectivity index (χ0n) is 23.8. The number of esters is 1. The maximum atomic E-state index is 13.2. The fraction of sp³-hybridized carbons (Fsp3) is 0.364. The maximum Gasteiger partial charge on any atom is 0.347 e. The molecule has 41 heavy (non-hydrogen) atoms. The molecule has 3 aromatic rings. The molecule has 3 atom stereocenters. The molecule has 216 valence electrons. The lowest BCUT2D eigenvalue weighted by atomic mass is 10.0. The number of carbonyl (C=O) groups is 3. The number of nitrogens with zero attached hydrogens (tertiary/aromatic N) is 1. The first-order valence-corrected chi connectivity index (χ1v) is 14.3. The third kappa shape index (κ3) is 7.95. The summed E-state index contributed by atoms with van der Waals surface area (Å²) in [5.74, 6) is -0.230. The van der Waals surface area contributed by atoms with E-state index < -0.39 is 18.2 Å². The van der Waals surface area contributed by atoms with Crippen molar-refractivity contribution in [3.05, 3.63) is 90.0 Å². The van der Waals surface area contributed by atoms with Crippen LogP contribution in [0.15, 0.2) is 78.9 Å². The number of benzene rings is 3. The molecular weight excluding hydrogens is 518 g/mol. The van der Waals surface area contributed by atoms with Crippen molar-refractivity contribution in [2.45, 2.75) is 64.3 Å². The Labute approximate surface area is 241 Å². The molecule has 3 aromatic carbocycles. The van der Waals surface area contributed by atoms with Gasteiger partial charge < -0.3 is 25.4 Å². The normalized spacial score (nSPS) is 16.1. The van der Waals surface area contributed by atoms with E-state index in [4.69, 9.17) is 15.2 Å². The standard InChI is InChI=1S/C33H39N3O5/c1-3-30(33(39)40-4-2)41-27-18-14-24(15-19-27)22-35-31(37)29-11-8-20-36(29)32(38)28(34)21-23-12-16-26(17-13-23)25-9-6-5-7-10-25/h5-7,9-10,12-19,28-30H,3-4,8,11,20-22,34H2,1-2H3,(H,35,37)/t28-,29-,30-/m0/s1. The highest BCUT2D eigenvalue weighted by atomic mass is 16.6. The average Bonchev–Trinajstić information content (AvgIpc) is 3.50. The number of hydrogen-bond acceptors (Lipinski definition) is 6. The Morgan fingerprint density at radius 3 is 2.24 bits per heavy atom. The summed E-state index contributed by atoms with van der Waals surface area (Å²) in [7, 11) is 0. The summed E-state index contributed by atoms with van der Waals surface area (Å²) in [6.45, 7) is 4.75. The lowest BCUT2D eigenvalue weighted by molar-refractivity contribution is -0.151. The Morgan fingerprint density at radius 1 is 0.927 bits per heavy atom. The van der Waals surface area contributed by atoms with Gasteiger partial charge >= 0.3 is 5.97 Å². The van der Waals surface area contributed by atoms with Crippen LogP contribution in [0.5, 0.6) is 5.75 Å². The molecule has 2 amide bonds. The molecule has 1 heterocycles. The van der Waals surface area contributed by atoms with Crippen LogP contribution in [0.4, 0.5) is 0 Å². The van der Waals surface area contributed by atoms with Crippen LogP contribution in [0.25, 0.3) is 11.1 Å². The van der Waals surface area contributed by atoms with Crippen LogP contribution in [0.3, 0.4) is 0 Å². The van der Waals surface area contributed by atoms with Crippen molar-refractivity contribution in [3.63, 3.8) is 0 Å². The number of amides is 2. The van der Waals surface area contributed by atoms with Crippen molar-refractivity contribution in [1.29, 1.82) is 0 Å². The van der Waals surface area contributed by atoms with E-state index in [1.807, 2.05) is 61.5 Å². The summed E-state index contributed by atoms with van der Waals surface area (Å²) in [5.41, 5.74) is 10.4. The number of hydrogen-bond donors (Lipinski definition) is 2. The van der Waals surface area contributed by atoms with Gasteiger partial charge in [-0.15, -0.1) is 0 Å². The lowest BCUT2D eigenvalue weighted by Crippen LogP contribution is -2.51. The first-order chi connectivity index (χ1) is 19.9. The third-order valence-electron chi connectivity index (χ3n) is 7.26. The predicted molar refractivity (Wildman–Crippen MR) is 158 cm³/mol. The summed E-state index contributed by atoms with van der Waals surface area (Å²) in [6.07, 6.45) is 1.61. The van der Waals surface area contributed by atoms with Gasteiger partial charge in [-0.3, -0.25) is 9.59 Å². The molecule has 8 heteroatoms. The fourth-order valence-corrected chi connectivity index (χ4v) is 5.01. The number of carbonyl (C=O) groups excluding carboxylic acids is 3. The minimum absolute atomic E-state index is 0.191. The highest BCUT2D eigenvalue weighted by Gasteiger charge is 2.36. The van der Waals surface area contributed by atoms with Gasteiger partial charge in [-0.2, -0.15) is 0 Å². The van der Waals surface area contributed by atoms with Crippen LogP contribution in [0, 0.1) is 0 Å². The van der Waals surface area contributed by atoms with E-state index in [-0.39, 0.29) is 17.8 Å². The lowest BCUT2D eigenvalue weighted by Gasteiger charge is -2.27. The van der Waals surface area contributed by atoms with Crippen molar-refractivity contribution in [3.8, 4) is 16.9 Å². The largest absolute Gasteiger partial charge is 0.479 e. The minimum atomic E-state index is -0.722. The molecule has 0 saturated carbocycles. The van der Waals surface area contributed by atoms with Crippen LogP contribution in [-0.2, 0) is 32.1 Å². The molecular formula is C33H39N3O5. The second-order valence-corrected chi connectivity index (χ2v) is 10.2. The number of nitrogens with one attached hydrogen (secondary N) is 1. The average molecular weight is 558 g/mol. The third-order valence-corrected chi connectivity index (χ3v) is 7.26. The van der Waals surface area contributed by atoms with Crippen LogP contribution in [0.2, 0.25) is 0 Å². The van der Waals surface area contributed by atoms with Gasteiger partial charge in [0, 0.05) is 13.1 Å². The van der Waals surface area contributed by atoms with Crippen LogP contribution < -0.4 is 15.8 Å². The molecule has 1 saturated heterocycles. The van der Waals surface area contributed by atoms with E-state index >= 15 is 0 Å². The van der Waals surface area contributed by atoms with Crippen molar-refractivity contribution >= 4 is 17.8 Å². The first kappa shape index (κ1) is 29.8. The maximum absolute atomic E-state index is 13.2. The molecule has 0 radical (unpaired) electrons. The molecule has 0 aromatic heterocycles. The zero-order chi connectivity index (χ0) is 29.2. The Morgan fingerprint density at radius 2 is 1.59 bits per heavy atom.